The third-order valence-electron chi connectivity index (χ3n) is 3.39. The number of nitrogens with one attached hydrogen (secondary N) is 1. The van der Waals surface area contributed by atoms with Crippen molar-refractivity contribution in [1.29, 1.82) is 0 Å². The molecule has 0 saturated heterocycles. The molecule has 0 aliphatic carbocycles. The molecular weight excluding hydrogens is 300 g/mol. The molecule has 0 radical (unpaired) electrons. The quantitative estimate of drug-likeness (QED) is 0.857. The van der Waals surface area contributed by atoms with Gasteiger partial charge in [0.25, 0.3) is 5.91 Å². The summed E-state index contributed by atoms with van der Waals surface area (Å²) in [6.07, 6.45) is 0. The van der Waals surface area contributed by atoms with E-state index < -0.39 is 17.4 Å². The molecule has 0 spiro atoms. The highest BCUT2D eigenvalue weighted by molar-refractivity contribution is 5.96. The number of amides is 1. The fourth-order valence-corrected chi connectivity index (χ4v) is 1.90. The first kappa shape index (κ1) is 16.5. The maximum Gasteiger partial charge on any atom is 0.328 e. The first-order valence-corrected chi connectivity index (χ1v) is 6.89. The van der Waals surface area contributed by atoms with Gasteiger partial charge in [-0.15, -0.1) is 5.10 Å². The fraction of sp³-hybridized carbons (Fsp3) is 0.333. The van der Waals surface area contributed by atoms with Gasteiger partial charge in [-0.2, -0.15) is 0 Å². The van der Waals surface area contributed by atoms with Crippen LogP contribution in [0, 0.1) is 6.92 Å². The number of carbonyl (C=O) groups is 2. The summed E-state index contributed by atoms with van der Waals surface area (Å²) < 4.78 is 6.59. The van der Waals surface area contributed by atoms with Crippen LogP contribution < -0.4 is 10.1 Å². The van der Waals surface area contributed by atoms with Crippen LogP contribution in [0.4, 0.5) is 0 Å². The van der Waals surface area contributed by atoms with Crippen molar-refractivity contribution in [2.75, 3.05) is 7.11 Å². The molecule has 0 fully saturated rings. The standard InChI is InChI=1S/C15H18N4O4/c1-9-12(13(20)16-15(2,3)14(21)22)17-18-19(9)10-5-7-11(23-4)8-6-10/h5-8H,1-4H3,(H,16,20)(H,21,22). The van der Waals surface area contributed by atoms with Crippen LogP contribution >= 0.6 is 0 Å². The van der Waals surface area contributed by atoms with Crippen LogP contribution in [0.5, 0.6) is 5.75 Å². The number of carbonyl (C=O) groups excluding carboxylic acids is 1. The largest absolute Gasteiger partial charge is 0.497 e. The molecular formula is C15H18N4O4. The zero-order valence-electron chi connectivity index (χ0n) is 13.3. The molecule has 0 bridgehead atoms. The lowest BCUT2D eigenvalue weighted by Crippen LogP contribution is -2.49. The van der Waals surface area contributed by atoms with Crippen LogP contribution in [0.2, 0.25) is 0 Å². The molecule has 0 atom stereocenters. The molecule has 0 saturated carbocycles. The summed E-state index contributed by atoms with van der Waals surface area (Å²) in [5.74, 6) is -1.02. The zero-order valence-corrected chi connectivity index (χ0v) is 13.3. The summed E-state index contributed by atoms with van der Waals surface area (Å²) in [5, 5.41) is 19.3. The van der Waals surface area contributed by atoms with E-state index in [1.165, 1.54) is 18.5 Å². The number of aliphatic carboxylic acids is 1. The number of rotatable bonds is 5. The summed E-state index contributed by atoms with van der Waals surface area (Å²) in [5.41, 5.74) is -0.0933. The number of aromatic nitrogens is 3. The number of carboxylic acids is 1. The van der Waals surface area contributed by atoms with Gasteiger partial charge in [-0.1, -0.05) is 5.21 Å². The molecule has 23 heavy (non-hydrogen) atoms. The van der Waals surface area contributed by atoms with Crippen molar-refractivity contribution in [2.45, 2.75) is 26.3 Å². The molecule has 2 N–H and O–H groups in total. The van der Waals surface area contributed by atoms with Gasteiger partial charge in [0.2, 0.25) is 0 Å². The molecule has 1 aromatic heterocycles. The van der Waals surface area contributed by atoms with Gasteiger partial charge in [-0.25, -0.2) is 9.48 Å². The molecule has 1 heterocycles. The molecule has 8 heteroatoms. The highest BCUT2D eigenvalue weighted by atomic mass is 16.5. The Hall–Kier alpha value is -2.90. The Morgan fingerprint density at radius 3 is 2.39 bits per heavy atom. The maximum atomic E-state index is 12.2. The number of hydrogen-bond donors (Lipinski definition) is 2. The first-order valence-electron chi connectivity index (χ1n) is 6.89. The molecule has 2 aromatic rings. The number of methoxy groups -OCH3 is 1. The SMILES string of the molecule is COc1ccc(-n2nnc(C(=O)NC(C)(C)C(=O)O)c2C)cc1. The van der Waals surface area contributed by atoms with Crippen molar-refractivity contribution >= 4 is 11.9 Å². The molecule has 0 unspecified atom stereocenters. The van der Waals surface area contributed by atoms with E-state index in [1.54, 1.807) is 38.3 Å². The summed E-state index contributed by atoms with van der Waals surface area (Å²) in [4.78, 5) is 23.3. The van der Waals surface area contributed by atoms with Crippen LogP contribution in [-0.4, -0.2) is 44.6 Å². The van der Waals surface area contributed by atoms with E-state index >= 15 is 0 Å². The van der Waals surface area contributed by atoms with E-state index in [4.69, 9.17) is 9.84 Å². The van der Waals surface area contributed by atoms with E-state index in [2.05, 4.69) is 15.6 Å². The Morgan fingerprint density at radius 2 is 1.87 bits per heavy atom. The monoisotopic (exact) mass is 318 g/mol. The summed E-state index contributed by atoms with van der Waals surface area (Å²) >= 11 is 0. The normalized spacial score (nSPS) is 11.1. The molecule has 1 aromatic carbocycles. The zero-order chi connectivity index (χ0) is 17.2. The van der Waals surface area contributed by atoms with E-state index in [1.807, 2.05) is 0 Å². The average Bonchev–Trinajstić information content (AvgIpc) is 2.88. The van der Waals surface area contributed by atoms with Crippen molar-refractivity contribution in [2.24, 2.45) is 0 Å². The van der Waals surface area contributed by atoms with Crippen LogP contribution in [0.25, 0.3) is 5.69 Å². The number of carboxylic acid groups (broad SMARTS) is 1. The summed E-state index contributed by atoms with van der Waals surface area (Å²) in [7, 11) is 1.57. The Balaban J connectivity index is 2.28. The van der Waals surface area contributed by atoms with Gasteiger partial charge in [0.05, 0.1) is 18.5 Å². The molecule has 1 amide bonds. The third kappa shape index (κ3) is 3.31. The van der Waals surface area contributed by atoms with Gasteiger partial charge < -0.3 is 15.2 Å². The minimum atomic E-state index is -1.40. The van der Waals surface area contributed by atoms with E-state index in [9.17, 15) is 9.59 Å². The third-order valence-corrected chi connectivity index (χ3v) is 3.39. The highest BCUT2D eigenvalue weighted by Crippen LogP contribution is 2.17. The number of hydrogen-bond acceptors (Lipinski definition) is 5. The summed E-state index contributed by atoms with van der Waals surface area (Å²) in [6.45, 7) is 4.49. The second-order valence-corrected chi connectivity index (χ2v) is 5.52. The summed E-state index contributed by atoms with van der Waals surface area (Å²) in [6, 6.07) is 7.10. The van der Waals surface area contributed by atoms with Gasteiger partial charge in [0, 0.05) is 0 Å². The smallest absolute Gasteiger partial charge is 0.328 e. The lowest BCUT2D eigenvalue weighted by atomic mass is 10.1. The van der Waals surface area contributed by atoms with Crippen molar-refractivity contribution in [3.05, 3.63) is 35.7 Å². The number of nitrogens with zero attached hydrogens (tertiary/aromatic N) is 3. The minimum absolute atomic E-state index is 0.0788. The number of ether oxygens (including phenoxy) is 1. The number of benzene rings is 1. The Labute approximate surface area is 133 Å². The van der Waals surface area contributed by atoms with Crippen molar-refractivity contribution in [3.8, 4) is 11.4 Å². The molecule has 0 aliphatic rings. The lowest BCUT2D eigenvalue weighted by molar-refractivity contribution is -0.143. The van der Waals surface area contributed by atoms with Crippen LogP contribution in [-0.2, 0) is 4.79 Å². The van der Waals surface area contributed by atoms with Crippen molar-refractivity contribution < 1.29 is 19.4 Å². The first-order chi connectivity index (χ1) is 10.8. The van der Waals surface area contributed by atoms with Gasteiger partial charge in [0.15, 0.2) is 5.69 Å². The minimum Gasteiger partial charge on any atom is -0.497 e. The predicted molar refractivity (Wildman–Crippen MR) is 81.8 cm³/mol. The average molecular weight is 318 g/mol. The molecule has 8 nitrogen and oxygen atoms in total. The fourth-order valence-electron chi connectivity index (χ4n) is 1.90. The van der Waals surface area contributed by atoms with Crippen LogP contribution in [0.3, 0.4) is 0 Å². The van der Waals surface area contributed by atoms with Crippen LogP contribution in [0.15, 0.2) is 24.3 Å². The van der Waals surface area contributed by atoms with Gasteiger partial charge in [-0.3, -0.25) is 4.79 Å². The second kappa shape index (κ2) is 6.07. The van der Waals surface area contributed by atoms with Crippen molar-refractivity contribution in [1.82, 2.24) is 20.3 Å². The maximum absolute atomic E-state index is 12.2. The Morgan fingerprint density at radius 1 is 1.26 bits per heavy atom. The Bertz CT molecular complexity index is 734. The van der Waals surface area contributed by atoms with Gasteiger partial charge >= 0.3 is 5.97 Å². The topological polar surface area (TPSA) is 106 Å². The predicted octanol–water partition coefficient (Wildman–Crippen LogP) is 1.18. The molecule has 122 valence electrons. The second-order valence-electron chi connectivity index (χ2n) is 5.52. The van der Waals surface area contributed by atoms with Gasteiger partial charge in [0.1, 0.15) is 11.3 Å². The molecule has 0 aliphatic heterocycles. The lowest BCUT2D eigenvalue weighted by Gasteiger charge is -2.20. The highest BCUT2D eigenvalue weighted by Gasteiger charge is 2.31. The van der Waals surface area contributed by atoms with Gasteiger partial charge in [-0.05, 0) is 45.0 Å². The van der Waals surface area contributed by atoms with Crippen molar-refractivity contribution in [3.63, 3.8) is 0 Å². The van der Waals surface area contributed by atoms with E-state index in [-0.39, 0.29) is 5.69 Å². The van der Waals surface area contributed by atoms with E-state index in [0.717, 1.165) is 0 Å². The Kier molecular flexibility index (Phi) is 4.35. The van der Waals surface area contributed by atoms with Crippen LogP contribution in [0.1, 0.15) is 30.0 Å². The van der Waals surface area contributed by atoms with E-state index in [0.29, 0.717) is 17.1 Å². The molecule has 2 rings (SSSR count).